The van der Waals surface area contributed by atoms with Gasteiger partial charge in [0.25, 0.3) is 0 Å². The molecule has 10 nitrogen and oxygen atoms in total. The number of fused-ring (bicyclic) bond motifs is 3. The van der Waals surface area contributed by atoms with Crippen LogP contribution in [0.5, 0.6) is 0 Å². The third-order valence-electron chi connectivity index (χ3n) is 6.28. The van der Waals surface area contributed by atoms with Gasteiger partial charge < -0.3 is 28.4 Å². The van der Waals surface area contributed by atoms with Gasteiger partial charge >= 0.3 is 23.9 Å². The summed E-state index contributed by atoms with van der Waals surface area (Å²) in [6.07, 6.45) is -0.428. The number of epoxide rings is 2. The Kier molecular flexibility index (Phi) is 5.86. The van der Waals surface area contributed by atoms with E-state index in [1.807, 2.05) is 13.8 Å². The number of hydrogen-bond donors (Lipinski definition) is 0. The highest BCUT2D eigenvalue weighted by Crippen LogP contribution is 2.49. The van der Waals surface area contributed by atoms with Gasteiger partial charge in [0.15, 0.2) is 11.7 Å². The second-order valence-corrected chi connectivity index (χ2v) is 9.37. The first-order valence-corrected chi connectivity index (χ1v) is 10.9. The highest BCUT2D eigenvalue weighted by Gasteiger charge is 2.63. The topological polar surface area (TPSA) is 130 Å². The number of hydrogen-bond acceptors (Lipinski definition) is 10. The summed E-state index contributed by atoms with van der Waals surface area (Å²) in [7, 11) is 0. The van der Waals surface area contributed by atoms with Crippen molar-refractivity contribution >= 4 is 23.9 Å². The Hall–Kier alpha value is -2.72. The first-order valence-electron chi connectivity index (χ1n) is 10.9. The zero-order chi connectivity index (χ0) is 24.1. The van der Waals surface area contributed by atoms with Gasteiger partial charge in [0.2, 0.25) is 0 Å². The number of rotatable bonds is 5. The first-order chi connectivity index (χ1) is 15.4. The molecule has 10 heteroatoms. The molecule has 1 aliphatic carbocycles. The third-order valence-corrected chi connectivity index (χ3v) is 6.28. The molecule has 33 heavy (non-hydrogen) atoms. The van der Waals surface area contributed by atoms with Gasteiger partial charge in [0, 0.05) is 32.3 Å². The molecule has 4 aliphatic rings. The third kappa shape index (κ3) is 4.81. The normalized spacial score (nSPS) is 38.7. The van der Waals surface area contributed by atoms with E-state index in [9.17, 15) is 19.2 Å². The highest BCUT2D eigenvalue weighted by atomic mass is 16.7. The van der Waals surface area contributed by atoms with Crippen molar-refractivity contribution in [1.82, 2.24) is 0 Å². The molecule has 180 valence electrons. The molecule has 0 aromatic heterocycles. The van der Waals surface area contributed by atoms with E-state index in [4.69, 9.17) is 28.4 Å². The molecule has 0 saturated carbocycles. The van der Waals surface area contributed by atoms with Crippen LogP contribution in [0.1, 0.15) is 47.5 Å². The summed E-state index contributed by atoms with van der Waals surface area (Å²) in [5.74, 6) is -2.20. The van der Waals surface area contributed by atoms with Crippen molar-refractivity contribution in [3.05, 3.63) is 22.8 Å². The molecule has 0 unspecified atom stereocenters. The predicted molar refractivity (Wildman–Crippen MR) is 110 cm³/mol. The van der Waals surface area contributed by atoms with Crippen LogP contribution in [0, 0.1) is 0 Å². The van der Waals surface area contributed by atoms with Gasteiger partial charge in [-0.1, -0.05) is 5.57 Å². The van der Waals surface area contributed by atoms with Crippen molar-refractivity contribution in [1.29, 1.82) is 0 Å². The zero-order valence-corrected chi connectivity index (χ0v) is 19.3. The summed E-state index contributed by atoms with van der Waals surface area (Å²) in [6.45, 7) is 7.79. The van der Waals surface area contributed by atoms with E-state index in [0.717, 1.165) is 5.57 Å². The van der Waals surface area contributed by atoms with Crippen LogP contribution in [-0.4, -0.2) is 72.7 Å². The number of esters is 4. The quantitative estimate of drug-likeness (QED) is 0.254. The van der Waals surface area contributed by atoms with Crippen molar-refractivity contribution in [2.24, 2.45) is 0 Å². The Morgan fingerprint density at radius 1 is 1.15 bits per heavy atom. The largest absolute Gasteiger partial charge is 0.461 e. The lowest BCUT2D eigenvalue weighted by molar-refractivity contribution is -0.153. The van der Waals surface area contributed by atoms with Crippen LogP contribution in [-0.2, 0) is 47.6 Å². The molecule has 0 spiro atoms. The second-order valence-electron chi connectivity index (χ2n) is 9.37. The molecule has 2 saturated heterocycles. The van der Waals surface area contributed by atoms with Gasteiger partial charge in [-0.05, 0) is 26.8 Å². The molecule has 0 N–H and O–H groups in total. The standard InChI is InChI=1S/C23H28O10/c1-11-6-14(30-13(3)25)8-22(4)19(33-22)18-17(15(20(26)32-18)9-28-12(2)24)16(7-11)31-21(27)23(5)10-29-23/h6,14,16,18-19H,7-10H2,1-5H3/b11-6+/t14-,16+,18+,19+,22-,23+/m1/s1. The van der Waals surface area contributed by atoms with E-state index in [1.54, 1.807) is 13.0 Å². The smallest absolute Gasteiger partial charge is 0.341 e. The van der Waals surface area contributed by atoms with Gasteiger partial charge in [-0.3, -0.25) is 9.59 Å². The zero-order valence-electron chi connectivity index (χ0n) is 19.3. The lowest BCUT2D eigenvalue weighted by Crippen LogP contribution is -2.37. The molecule has 0 amide bonds. The molecule has 0 bridgehead atoms. The molecule has 2 fully saturated rings. The fourth-order valence-electron chi connectivity index (χ4n) is 4.38. The van der Waals surface area contributed by atoms with Crippen LogP contribution in [0.25, 0.3) is 0 Å². The van der Waals surface area contributed by atoms with Crippen LogP contribution in [0.4, 0.5) is 0 Å². The van der Waals surface area contributed by atoms with Gasteiger partial charge in [-0.15, -0.1) is 0 Å². The fourth-order valence-corrected chi connectivity index (χ4v) is 4.38. The predicted octanol–water partition coefficient (Wildman–Crippen LogP) is 1.30. The van der Waals surface area contributed by atoms with E-state index in [0.29, 0.717) is 12.0 Å². The Morgan fingerprint density at radius 2 is 1.85 bits per heavy atom. The van der Waals surface area contributed by atoms with Crippen LogP contribution < -0.4 is 0 Å². The van der Waals surface area contributed by atoms with E-state index in [2.05, 4.69) is 0 Å². The highest BCUT2D eigenvalue weighted by molar-refractivity contribution is 5.94. The molecular weight excluding hydrogens is 436 g/mol. The van der Waals surface area contributed by atoms with Gasteiger partial charge in [-0.2, -0.15) is 0 Å². The minimum Gasteiger partial charge on any atom is -0.461 e. The van der Waals surface area contributed by atoms with Crippen molar-refractivity contribution < 1.29 is 47.6 Å². The average molecular weight is 464 g/mol. The molecule has 0 aromatic carbocycles. The van der Waals surface area contributed by atoms with Gasteiger partial charge in [-0.25, -0.2) is 9.59 Å². The SMILES string of the molecule is CC(=O)OCC1=C2[C@@H](OC(=O)[C@]3(C)CO3)C/C(C)=C/[C@@H](OC(C)=O)C[C@@]3(C)O[C@H]3[C@H]2OC1=O. The minimum atomic E-state index is -1.03. The Morgan fingerprint density at radius 3 is 2.45 bits per heavy atom. The summed E-state index contributed by atoms with van der Waals surface area (Å²) in [6, 6.07) is 0. The van der Waals surface area contributed by atoms with E-state index < -0.39 is 59.5 Å². The van der Waals surface area contributed by atoms with Gasteiger partial charge in [0.05, 0.1) is 12.2 Å². The number of ether oxygens (including phenoxy) is 6. The molecule has 3 aliphatic heterocycles. The maximum Gasteiger partial charge on any atom is 0.341 e. The summed E-state index contributed by atoms with van der Waals surface area (Å²) in [4.78, 5) is 48.6. The van der Waals surface area contributed by atoms with Crippen molar-refractivity contribution in [3.8, 4) is 0 Å². The molecule has 0 aromatic rings. The van der Waals surface area contributed by atoms with E-state index in [1.165, 1.54) is 13.8 Å². The monoisotopic (exact) mass is 464 g/mol. The lowest BCUT2D eigenvalue weighted by Gasteiger charge is -2.27. The summed E-state index contributed by atoms with van der Waals surface area (Å²) in [5, 5.41) is 0. The maximum absolute atomic E-state index is 12.8. The molecular formula is C23H28O10. The average Bonchev–Trinajstić information content (AvgIpc) is 3.56. The summed E-state index contributed by atoms with van der Waals surface area (Å²) in [5.41, 5.74) is -0.431. The summed E-state index contributed by atoms with van der Waals surface area (Å²) >= 11 is 0. The van der Waals surface area contributed by atoms with Crippen LogP contribution >= 0.6 is 0 Å². The first kappa shape index (κ1) is 23.4. The Labute approximate surface area is 191 Å². The Bertz CT molecular complexity index is 958. The Balaban J connectivity index is 1.74. The van der Waals surface area contributed by atoms with Crippen LogP contribution in [0.15, 0.2) is 22.8 Å². The molecule has 3 heterocycles. The minimum absolute atomic E-state index is 0.137. The summed E-state index contributed by atoms with van der Waals surface area (Å²) < 4.78 is 33.2. The number of carbonyl (C=O) groups is 4. The molecule has 4 rings (SSSR count). The lowest BCUT2D eigenvalue weighted by atomic mass is 9.86. The van der Waals surface area contributed by atoms with Crippen LogP contribution in [0.2, 0.25) is 0 Å². The van der Waals surface area contributed by atoms with E-state index >= 15 is 0 Å². The van der Waals surface area contributed by atoms with Crippen LogP contribution in [0.3, 0.4) is 0 Å². The van der Waals surface area contributed by atoms with Gasteiger partial charge in [0.1, 0.15) is 30.5 Å². The van der Waals surface area contributed by atoms with Crippen molar-refractivity contribution in [3.63, 3.8) is 0 Å². The number of carbonyl (C=O) groups excluding carboxylic acids is 4. The van der Waals surface area contributed by atoms with Crippen molar-refractivity contribution in [2.45, 2.75) is 83.1 Å². The molecule has 0 radical (unpaired) electrons. The van der Waals surface area contributed by atoms with E-state index in [-0.39, 0.29) is 25.2 Å². The second kappa shape index (κ2) is 8.25. The molecule has 6 atom stereocenters. The fraction of sp³-hybridized carbons (Fsp3) is 0.652. The van der Waals surface area contributed by atoms with Crippen molar-refractivity contribution in [2.75, 3.05) is 13.2 Å². The maximum atomic E-state index is 12.8.